The number of para-hydroxylation sites is 1. The van der Waals surface area contributed by atoms with Crippen LogP contribution in [0.2, 0.25) is 0 Å². The molecule has 42 heavy (non-hydrogen) atoms. The van der Waals surface area contributed by atoms with Crippen LogP contribution in [0.3, 0.4) is 0 Å². The maximum absolute atomic E-state index is 14.2. The van der Waals surface area contributed by atoms with Gasteiger partial charge in [0, 0.05) is 24.6 Å². The Balaban J connectivity index is 1.57. The first-order valence-electron chi connectivity index (χ1n) is 13.1. The second-order valence-corrected chi connectivity index (χ2v) is 9.35. The topological polar surface area (TPSA) is 121 Å². The normalized spacial score (nSPS) is 11.5. The number of carbonyl (C=O) groups is 2. The highest BCUT2D eigenvalue weighted by atomic mass is 16.5. The molecular formula is C31H30N6O5. The van der Waals surface area contributed by atoms with E-state index in [4.69, 9.17) is 14.2 Å². The van der Waals surface area contributed by atoms with Crippen molar-refractivity contribution >= 4 is 28.5 Å². The number of hydrogen-bond acceptors (Lipinski definition) is 8. The van der Waals surface area contributed by atoms with Crippen molar-refractivity contribution in [2.45, 2.75) is 19.1 Å². The average Bonchev–Trinajstić information content (AvgIpc) is 3.44. The van der Waals surface area contributed by atoms with Crippen molar-refractivity contribution in [3.05, 3.63) is 102 Å². The first-order valence-corrected chi connectivity index (χ1v) is 13.1. The molecule has 0 unspecified atom stereocenters. The van der Waals surface area contributed by atoms with Crippen LogP contribution in [0.4, 0.5) is 5.69 Å². The number of pyridine rings is 1. The van der Waals surface area contributed by atoms with Gasteiger partial charge in [0.15, 0.2) is 11.5 Å². The third kappa shape index (κ3) is 6.15. The third-order valence-corrected chi connectivity index (χ3v) is 6.74. The molecular weight excluding hydrogens is 536 g/mol. The molecule has 214 valence electrons. The number of nitrogens with one attached hydrogen (secondary N) is 1. The third-order valence-electron chi connectivity index (χ3n) is 6.74. The Bertz CT molecular complexity index is 1670. The summed E-state index contributed by atoms with van der Waals surface area (Å²) in [5.74, 6) is 0.799. The number of benzene rings is 3. The lowest BCUT2D eigenvalue weighted by Crippen LogP contribution is -2.42. The Morgan fingerprint density at radius 3 is 2.40 bits per heavy atom. The van der Waals surface area contributed by atoms with Crippen LogP contribution in [-0.4, -0.2) is 58.0 Å². The van der Waals surface area contributed by atoms with Crippen LogP contribution in [-0.2, 0) is 22.7 Å². The van der Waals surface area contributed by atoms with Crippen LogP contribution in [0.5, 0.6) is 17.2 Å². The maximum atomic E-state index is 14.2. The number of methoxy groups -OCH3 is 3. The van der Waals surface area contributed by atoms with E-state index in [1.807, 2.05) is 30.3 Å². The standard InChI is InChI=1S/C31H30N6O5/c1-40-24-13-11-23(12-14-24)33-31(39)30(22-10-15-27(41-2)28(17-22)42-3)36(19-21-7-6-16-32-18-21)29(38)20-37-26-9-5-4-8-25(26)34-35-37/h4-18,30H,19-20H2,1-3H3,(H,33,39)/t30-/m0/s1. The molecule has 11 nitrogen and oxygen atoms in total. The first-order chi connectivity index (χ1) is 20.5. The van der Waals surface area contributed by atoms with E-state index in [2.05, 4.69) is 20.6 Å². The molecule has 1 atom stereocenters. The second-order valence-electron chi connectivity index (χ2n) is 9.35. The smallest absolute Gasteiger partial charge is 0.251 e. The highest BCUT2D eigenvalue weighted by Crippen LogP contribution is 2.34. The number of aromatic nitrogens is 4. The zero-order chi connectivity index (χ0) is 29.5. The van der Waals surface area contributed by atoms with Crippen molar-refractivity contribution in [2.75, 3.05) is 26.6 Å². The van der Waals surface area contributed by atoms with Gasteiger partial charge in [0.25, 0.3) is 5.91 Å². The summed E-state index contributed by atoms with van der Waals surface area (Å²) in [5.41, 5.74) is 3.19. The van der Waals surface area contributed by atoms with Crippen molar-refractivity contribution in [1.82, 2.24) is 24.9 Å². The van der Waals surface area contributed by atoms with E-state index >= 15 is 0 Å². The fourth-order valence-electron chi connectivity index (χ4n) is 4.65. The Hall–Kier alpha value is -5.45. The van der Waals surface area contributed by atoms with Crippen LogP contribution < -0.4 is 19.5 Å². The van der Waals surface area contributed by atoms with Crippen LogP contribution in [0, 0.1) is 0 Å². The van der Waals surface area contributed by atoms with Gasteiger partial charge in [0.1, 0.15) is 23.9 Å². The van der Waals surface area contributed by atoms with Gasteiger partial charge in [-0.1, -0.05) is 29.5 Å². The van der Waals surface area contributed by atoms with Crippen LogP contribution in [0.1, 0.15) is 17.2 Å². The van der Waals surface area contributed by atoms with Gasteiger partial charge >= 0.3 is 0 Å². The quantitative estimate of drug-likeness (QED) is 0.252. The summed E-state index contributed by atoms with van der Waals surface area (Å²) in [4.78, 5) is 34.0. The molecule has 0 spiro atoms. The van der Waals surface area contributed by atoms with Gasteiger partial charge < -0.3 is 24.4 Å². The molecule has 2 heterocycles. The number of fused-ring (bicyclic) bond motifs is 1. The monoisotopic (exact) mass is 566 g/mol. The molecule has 0 saturated heterocycles. The van der Waals surface area contributed by atoms with Crippen molar-refractivity contribution < 1.29 is 23.8 Å². The van der Waals surface area contributed by atoms with E-state index in [1.165, 1.54) is 23.8 Å². The van der Waals surface area contributed by atoms with Gasteiger partial charge in [0.2, 0.25) is 5.91 Å². The lowest BCUT2D eigenvalue weighted by Gasteiger charge is -2.32. The molecule has 0 bridgehead atoms. The van der Waals surface area contributed by atoms with E-state index in [9.17, 15) is 9.59 Å². The molecule has 11 heteroatoms. The summed E-state index contributed by atoms with van der Waals surface area (Å²) in [6, 6.07) is 22.1. The number of ether oxygens (including phenoxy) is 3. The fourth-order valence-corrected chi connectivity index (χ4v) is 4.65. The van der Waals surface area contributed by atoms with Crippen LogP contribution in [0.25, 0.3) is 11.0 Å². The summed E-state index contributed by atoms with van der Waals surface area (Å²) in [6.45, 7) is -0.0330. The molecule has 2 amide bonds. The van der Waals surface area contributed by atoms with Gasteiger partial charge in [-0.15, -0.1) is 5.10 Å². The summed E-state index contributed by atoms with van der Waals surface area (Å²) in [7, 11) is 4.62. The molecule has 5 aromatic rings. The SMILES string of the molecule is COc1ccc(NC(=O)[C@H](c2ccc(OC)c(OC)c2)N(Cc2cccnc2)C(=O)Cn2nnc3ccccc32)cc1. The number of hydrogen-bond donors (Lipinski definition) is 1. The minimum absolute atomic E-state index is 0.106. The average molecular weight is 567 g/mol. The van der Waals surface area contributed by atoms with E-state index in [0.717, 1.165) is 5.56 Å². The molecule has 0 radical (unpaired) electrons. The number of amides is 2. The summed E-state index contributed by atoms with van der Waals surface area (Å²) < 4.78 is 17.7. The number of rotatable bonds is 11. The highest BCUT2D eigenvalue weighted by Gasteiger charge is 2.33. The molecule has 0 saturated carbocycles. The van der Waals surface area contributed by atoms with Crippen molar-refractivity contribution in [2.24, 2.45) is 0 Å². The lowest BCUT2D eigenvalue weighted by molar-refractivity contribution is -0.140. The largest absolute Gasteiger partial charge is 0.497 e. The fraction of sp³-hybridized carbons (Fsp3) is 0.194. The van der Waals surface area contributed by atoms with Crippen LogP contribution >= 0.6 is 0 Å². The molecule has 1 N–H and O–H groups in total. The van der Waals surface area contributed by atoms with Gasteiger partial charge in [-0.3, -0.25) is 14.6 Å². The summed E-state index contributed by atoms with van der Waals surface area (Å²) in [6.07, 6.45) is 3.32. The maximum Gasteiger partial charge on any atom is 0.251 e. The van der Waals surface area contributed by atoms with E-state index in [1.54, 1.807) is 68.0 Å². The lowest BCUT2D eigenvalue weighted by atomic mass is 10.0. The van der Waals surface area contributed by atoms with Gasteiger partial charge in [-0.2, -0.15) is 0 Å². The zero-order valence-electron chi connectivity index (χ0n) is 23.4. The van der Waals surface area contributed by atoms with E-state index < -0.39 is 11.9 Å². The number of nitrogens with zero attached hydrogens (tertiary/aromatic N) is 5. The predicted molar refractivity (Wildman–Crippen MR) is 156 cm³/mol. The van der Waals surface area contributed by atoms with Gasteiger partial charge in [0.05, 0.1) is 26.8 Å². The van der Waals surface area contributed by atoms with Crippen molar-refractivity contribution in [3.8, 4) is 17.2 Å². The molecule has 2 aromatic heterocycles. The minimum atomic E-state index is -1.06. The zero-order valence-corrected chi connectivity index (χ0v) is 23.4. The molecule has 5 rings (SSSR count). The van der Waals surface area contributed by atoms with Crippen LogP contribution in [0.15, 0.2) is 91.3 Å². The van der Waals surface area contributed by atoms with Gasteiger partial charge in [-0.25, -0.2) is 4.68 Å². The molecule has 0 aliphatic rings. The van der Waals surface area contributed by atoms with Crippen molar-refractivity contribution in [3.63, 3.8) is 0 Å². The minimum Gasteiger partial charge on any atom is -0.497 e. The highest BCUT2D eigenvalue weighted by molar-refractivity contribution is 5.98. The van der Waals surface area contributed by atoms with Gasteiger partial charge in [-0.05, 0) is 65.7 Å². The predicted octanol–water partition coefficient (Wildman–Crippen LogP) is 4.26. The Morgan fingerprint density at radius 2 is 1.69 bits per heavy atom. The van der Waals surface area contributed by atoms with E-state index in [-0.39, 0.29) is 19.0 Å². The molecule has 0 aliphatic heterocycles. The number of carbonyl (C=O) groups excluding carboxylic acids is 2. The molecule has 0 fully saturated rings. The van der Waals surface area contributed by atoms with E-state index in [0.29, 0.717) is 39.5 Å². The Kier molecular flexibility index (Phi) is 8.57. The summed E-state index contributed by atoms with van der Waals surface area (Å²) >= 11 is 0. The number of anilines is 1. The Morgan fingerprint density at radius 1 is 0.905 bits per heavy atom. The second kappa shape index (κ2) is 12.8. The van der Waals surface area contributed by atoms with Crippen molar-refractivity contribution in [1.29, 1.82) is 0 Å². The molecule has 0 aliphatic carbocycles. The first kappa shape index (κ1) is 28.1. The molecule has 3 aromatic carbocycles. The summed E-state index contributed by atoms with van der Waals surface area (Å²) in [5, 5.41) is 11.3. The Labute approximate surface area is 242 Å².